The Morgan fingerprint density at radius 1 is 1.27 bits per heavy atom. The Balaban J connectivity index is 2.10. The molecule has 6 nitrogen and oxygen atoms in total. The van der Waals surface area contributed by atoms with Crippen molar-refractivity contribution in [2.75, 3.05) is 6.54 Å². The smallest absolute Gasteiger partial charge is 0.341 e. The number of carbonyl (C=O) groups excluding carboxylic acids is 2. The third kappa shape index (κ3) is 3.41. The number of piperidine rings is 1. The van der Waals surface area contributed by atoms with Crippen LogP contribution in [0.5, 0.6) is 0 Å². The predicted octanol–water partition coefficient (Wildman–Crippen LogP) is 0.691. The Kier molecular flexibility index (Phi) is 4.74. The zero-order valence-corrected chi connectivity index (χ0v) is 12.2. The maximum absolute atomic E-state index is 12.4. The molecule has 1 unspecified atom stereocenters. The summed E-state index contributed by atoms with van der Waals surface area (Å²) < 4.78 is 47.3. The van der Waals surface area contributed by atoms with Gasteiger partial charge in [-0.1, -0.05) is 0 Å². The second-order valence-electron chi connectivity index (χ2n) is 4.79. The fourth-order valence-electron chi connectivity index (χ4n) is 2.05. The first-order chi connectivity index (χ1) is 10.3. The summed E-state index contributed by atoms with van der Waals surface area (Å²) in [5.41, 5.74) is 0.0894. The van der Waals surface area contributed by atoms with Crippen LogP contribution in [0.15, 0.2) is 29.2 Å². The van der Waals surface area contributed by atoms with Crippen LogP contribution in [0.1, 0.15) is 23.2 Å². The van der Waals surface area contributed by atoms with Gasteiger partial charge in [-0.05, 0) is 37.1 Å². The van der Waals surface area contributed by atoms with Gasteiger partial charge in [0.1, 0.15) is 6.04 Å². The number of alkyl halides is 2. The summed E-state index contributed by atoms with van der Waals surface area (Å²) in [4.78, 5) is 22.9. The molecule has 120 valence electrons. The SMILES string of the molecule is O=C(NC1CCCNC1=O)c1ccc(S(=O)(=O)C(F)F)cc1. The van der Waals surface area contributed by atoms with E-state index < -0.39 is 32.4 Å². The van der Waals surface area contributed by atoms with Gasteiger partial charge in [-0.2, -0.15) is 8.78 Å². The molecule has 0 radical (unpaired) electrons. The first-order valence-electron chi connectivity index (χ1n) is 6.53. The summed E-state index contributed by atoms with van der Waals surface area (Å²) in [5, 5.41) is 5.13. The molecule has 0 aromatic heterocycles. The van der Waals surface area contributed by atoms with Crippen molar-refractivity contribution in [1.82, 2.24) is 10.6 Å². The molecule has 1 fully saturated rings. The van der Waals surface area contributed by atoms with Crippen molar-refractivity contribution in [2.24, 2.45) is 0 Å². The number of hydrogen-bond acceptors (Lipinski definition) is 4. The summed E-state index contributed by atoms with van der Waals surface area (Å²) in [7, 11) is -4.68. The van der Waals surface area contributed by atoms with Crippen LogP contribution in [0.3, 0.4) is 0 Å². The van der Waals surface area contributed by atoms with Crippen LogP contribution in [0.2, 0.25) is 0 Å². The number of rotatable bonds is 4. The molecule has 0 spiro atoms. The van der Waals surface area contributed by atoms with E-state index in [0.29, 0.717) is 13.0 Å². The summed E-state index contributed by atoms with van der Waals surface area (Å²) in [6, 6.07) is 3.50. The second kappa shape index (κ2) is 6.39. The maximum Gasteiger partial charge on any atom is 0.341 e. The predicted molar refractivity (Wildman–Crippen MR) is 73.1 cm³/mol. The van der Waals surface area contributed by atoms with Crippen molar-refractivity contribution in [1.29, 1.82) is 0 Å². The van der Waals surface area contributed by atoms with Crippen molar-refractivity contribution in [3.05, 3.63) is 29.8 Å². The normalized spacial score (nSPS) is 18.9. The van der Waals surface area contributed by atoms with Crippen molar-refractivity contribution in [3.8, 4) is 0 Å². The van der Waals surface area contributed by atoms with E-state index in [1.54, 1.807) is 0 Å². The summed E-state index contributed by atoms with van der Waals surface area (Å²) in [6.07, 6.45) is 1.25. The molecule has 1 aliphatic rings. The van der Waals surface area contributed by atoms with Crippen LogP contribution >= 0.6 is 0 Å². The molecule has 0 bridgehead atoms. The van der Waals surface area contributed by atoms with Crippen molar-refractivity contribution < 1.29 is 26.8 Å². The minimum absolute atomic E-state index is 0.0894. The second-order valence-corrected chi connectivity index (χ2v) is 6.71. The largest absolute Gasteiger partial charge is 0.354 e. The number of hydrogen-bond donors (Lipinski definition) is 2. The number of carbonyl (C=O) groups is 2. The highest BCUT2D eigenvalue weighted by Gasteiger charge is 2.27. The molecule has 22 heavy (non-hydrogen) atoms. The van der Waals surface area contributed by atoms with Gasteiger partial charge in [0.05, 0.1) is 4.90 Å². The van der Waals surface area contributed by atoms with Gasteiger partial charge in [-0.15, -0.1) is 0 Å². The van der Waals surface area contributed by atoms with Crippen molar-refractivity contribution >= 4 is 21.7 Å². The van der Waals surface area contributed by atoms with Gasteiger partial charge in [-0.25, -0.2) is 8.42 Å². The van der Waals surface area contributed by atoms with Crippen LogP contribution < -0.4 is 10.6 Å². The molecule has 1 saturated heterocycles. The van der Waals surface area contributed by atoms with E-state index >= 15 is 0 Å². The molecule has 0 saturated carbocycles. The molecule has 1 aliphatic heterocycles. The zero-order valence-electron chi connectivity index (χ0n) is 11.4. The van der Waals surface area contributed by atoms with Gasteiger partial charge in [0, 0.05) is 12.1 Å². The molecule has 1 atom stereocenters. The van der Waals surface area contributed by atoms with Crippen LogP contribution in [0, 0.1) is 0 Å². The standard InChI is InChI=1S/C13H14F2N2O4S/c14-13(15)22(20,21)9-5-3-8(4-6-9)11(18)17-10-2-1-7-16-12(10)19/h3-6,10,13H,1-2,7H2,(H,16,19)(H,17,18). The average molecular weight is 332 g/mol. The van der Waals surface area contributed by atoms with Crippen molar-refractivity contribution in [3.63, 3.8) is 0 Å². The van der Waals surface area contributed by atoms with E-state index in [2.05, 4.69) is 10.6 Å². The lowest BCUT2D eigenvalue weighted by molar-refractivity contribution is -0.124. The molecule has 1 heterocycles. The quantitative estimate of drug-likeness (QED) is 0.848. The topological polar surface area (TPSA) is 92.3 Å². The van der Waals surface area contributed by atoms with Crippen LogP contribution in [0.25, 0.3) is 0 Å². The minimum atomic E-state index is -4.68. The van der Waals surface area contributed by atoms with E-state index in [0.717, 1.165) is 30.7 Å². The van der Waals surface area contributed by atoms with Gasteiger partial charge in [-0.3, -0.25) is 9.59 Å². The van der Waals surface area contributed by atoms with E-state index in [9.17, 15) is 26.8 Å². The van der Waals surface area contributed by atoms with Gasteiger partial charge >= 0.3 is 5.76 Å². The Morgan fingerprint density at radius 2 is 1.91 bits per heavy atom. The number of amides is 2. The lowest BCUT2D eigenvalue weighted by Gasteiger charge is -2.22. The molecular weight excluding hydrogens is 318 g/mol. The highest BCUT2D eigenvalue weighted by atomic mass is 32.2. The molecule has 9 heteroatoms. The highest BCUT2D eigenvalue weighted by Crippen LogP contribution is 2.18. The van der Waals surface area contributed by atoms with E-state index in [1.807, 2.05) is 0 Å². The Labute approximate surface area is 125 Å². The lowest BCUT2D eigenvalue weighted by atomic mass is 10.1. The Bertz CT molecular complexity index is 674. The van der Waals surface area contributed by atoms with Gasteiger partial charge in [0.2, 0.25) is 15.7 Å². The average Bonchev–Trinajstić information content (AvgIpc) is 2.49. The van der Waals surface area contributed by atoms with Gasteiger partial charge in [0.15, 0.2) is 0 Å². The number of nitrogens with one attached hydrogen (secondary N) is 2. The molecular formula is C13H14F2N2O4S. The number of halogens is 2. The lowest BCUT2D eigenvalue weighted by Crippen LogP contribution is -2.50. The third-order valence-corrected chi connectivity index (χ3v) is 4.67. The molecule has 1 aromatic carbocycles. The number of sulfone groups is 1. The van der Waals surface area contributed by atoms with Gasteiger partial charge in [0.25, 0.3) is 5.91 Å². The van der Waals surface area contributed by atoms with E-state index in [-0.39, 0.29) is 11.5 Å². The van der Waals surface area contributed by atoms with E-state index in [1.165, 1.54) is 0 Å². The summed E-state index contributed by atoms with van der Waals surface area (Å²) >= 11 is 0. The van der Waals surface area contributed by atoms with Gasteiger partial charge < -0.3 is 10.6 Å². The number of benzene rings is 1. The summed E-state index contributed by atoms with van der Waals surface area (Å²) in [6.45, 7) is 0.561. The first kappa shape index (κ1) is 16.3. The molecule has 2 rings (SSSR count). The maximum atomic E-state index is 12.4. The monoisotopic (exact) mass is 332 g/mol. The fourth-order valence-corrected chi connectivity index (χ4v) is 2.77. The minimum Gasteiger partial charge on any atom is -0.354 e. The van der Waals surface area contributed by atoms with Crippen LogP contribution in [0.4, 0.5) is 8.78 Å². The molecule has 2 amide bonds. The first-order valence-corrected chi connectivity index (χ1v) is 8.07. The summed E-state index contributed by atoms with van der Waals surface area (Å²) in [5.74, 6) is -4.36. The molecule has 0 aliphatic carbocycles. The van der Waals surface area contributed by atoms with E-state index in [4.69, 9.17) is 0 Å². The van der Waals surface area contributed by atoms with Crippen LogP contribution in [-0.2, 0) is 14.6 Å². The Morgan fingerprint density at radius 3 is 2.45 bits per heavy atom. The third-order valence-electron chi connectivity index (χ3n) is 3.27. The molecule has 1 aromatic rings. The highest BCUT2D eigenvalue weighted by molar-refractivity contribution is 7.91. The molecule has 2 N–H and O–H groups in total. The van der Waals surface area contributed by atoms with Crippen molar-refractivity contribution in [2.45, 2.75) is 29.5 Å². The van der Waals surface area contributed by atoms with Crippen LogP contribution in [-0.4, -0.2) is 38.6 Å². The fraction of sp³-hybridized carbons (Fsp3) is 0.385. The Hall–Kier alpha value is -2.03. The zero-order chi connectivity index (χ0) is 16.3.